The Morgan fingerprint density at radius 2 is 2.11 bits per heavy atom. The third-order valence-corrected chi connectivity index (χ3v) is 2.87. The van der Waals surface area contributed by atoms with Crippen LogP contribution in [0, 0.1) is 0 Å². The van der Waals surface area contributed by atoms with Crippen LogP contribution in [0.2, 0.25) is 0 Å². The van der Waals surface area contributed by atoms with Crippen molar-refractivity contribution in [3.63, 3.8) is 0 Å². The fourth-order valence-corrected chi connectivity index (χ4v) is 1.79. The molecule has 0 unspecified atom stereocenters. The smallest absolute Gasteiger partial charge is 0.0944 e. The van der Waals surface area contributed by atoms with Gasteiger partial charge < -0.3 is 10.4 Å². The van der Waals surface area contributed by atoms with Crippen molar-refractivity contribution in [2.24, 2.45) is 0 Å². The highest BCUT2D eigenvalue weighted by molar-refractivity contribution is 5.14. The number of hydrogen-bond acceptors (Lipinski definition) is 3. The second kappa shape index (κ2) is 6.33. The summed E-state index contributed by atoms with van der Waals surface area (Å²) in [6, 6.07) is 10.2. The molecule has 0 fully saturated rings. The Morgan fingerprint density at radius 1 is 1.33 bits per heavy atom. The molecular formula is C14H19N3O. The average Bonchev–Trinajstić information content (AvgIpc) is 2.89. The van der Waals surface area contributed by atoms with Gasteiger partial charge in [0.25, 0.3) is 0 Å². The van der Waals surface area contributed by atoms with Gasteiger partial charge in [0.2, 0.25) is 0 Å². The van der Waals surface area contributed by atoms with E-state index in [1.165, 1.54) is 5.56 Å². The first kappa shape index (κ1) is 12.8. The lowest BCUT2D eigenvalue weighted by molar-refractivity contribution is 0.174. The number of rotatable bonds is 6. The summed E-state index contributed by atoms with van der Waals surface area (Å²) in [7, 11) is 0. The summed E-state index contributed by atoms with van der Waals surface area (Å²) in [6.07, 6.45) is 3.10. The normalized spacial score (nSPS) is 12.6. The number of nitrogens with zero attached hydrogens (tertiary/aromatic N) is 2. The molecule has 0 aliphatic heterocycles. The molecule has 1 aromatic heterocycles. The summed E-state index contributed by atoms with van der Waals surface area (Å²) < 4.78 is 1.82. The molecule has 0 bridgehead atoms. The van der Waals surface area contributed by atoms with E-state index in [1.807, 2.05) is 36.0 Å². The van der Waals surface area contributed by atoms with E-state index >= 15 is 0 Å². The van der Waals surface area contributed by atoms with E-state index < -0.39 is 6.10 Å². The Hall–Kier alpha value is -1.65. The first-order chi connectivity index (χ1) is 8.79. The molecule has 0 saturated heterocycles. The monoisotopic (exact) mass is 245 g/mol. The molecule has 0 saturated carbocycles. The zero-order valence-corrected chi connectivity index (χ0v) is 10.6. The molecule has 1 heterocycles. The number of benzene rings is 1. The quantitative estimate of drug-likeness (QED) is 0.815. The van der Waals surface area contributed by atoms with E-state index in [1.54, 1.807) is 6.20 Å². The van der Waals surface area contributed by atoms with Crippen LogP contribution in [0.5, 0.6) is 0 Å². The van der Waals surface area contributed by atoms with Crippen molar-refractivity contribution < 1.29 is 5.11 Å². The Morgan fingerprint density at radius 3 is 2.78 bits per heavy atom. The molecule has 2 N–H and O–H groups in total. The van der Waals surface area contributed by atoms with Gasteiger partial charge in [-0.15, -0.1) is 0 Å². The van der Waals surface area contributed by atoms with Crippen molar-refractivity contribution in [3.05, 3.63) is 53.9 Å². The maximum atomic E-state index is 9.99. The van der Waals surface area contributed by atoms with Crippen LogP contribution in [-0.4, -0.2) is 21.4 Å². The van der Waals surface area contributed by atoms with Crippen molar-refractivity contribution in [1.82, 2.24) is 15.1 Å². The standard InChI is InChI=1S/C14H19N3O/c1-2-17-11-13(9-16-17)14(18)10-15-8-12-6-4-3-5-7-12/h3-7,9,11,14-15,18H,2,8,10H2,1H3/t14-/m0/s1. The summed E-state index contributed by atoms with van der Waals surface area (Å²) in [4.78, 5) is 0. The van der Waals surface area contributed by atoms with Crippen LogP contribution in [0.1, 0.15) is 24.2 Å². The minimum absolute atomic E-state index is 0.506. The fraction of sp³-hybridized carbons (Fsp3) is 0.357. The Kier molecular flexibility index (Phi) is 4.50. The largest absolute Gasteiger partial charge is 0.387 e. The summed E-state index contributed by atoms with van der Waals surface area (Å²) >= 11 is 0. The van der Waals surface area contributed by atoms with Gasteiger partial charge in [-0.3, -0.25) is 4.68 Å². The third-order valence-electron chi connectivity index (χ3n) is 2.87. The van der Waals surface area contributed by atoms with E-state index in [0.717, 1.165) is 18.7 Å². The van der Waals surface area contributed by atoms with Gasteiger partial charge in [0.15, 0.2) is 0 Å². The molecule has 0 radical (unpaired) electrons. The predicted molar refractivity (Wildman–Crippen MR) is 71.0 cm³/mol. The Labute approximate surface area is 107 Å². The maximum absolute atomic E-state index is 9.99. The molecular weight excluding hydrogens is 226 g/mol. The van der Waals surface area contributed by atoms with Gasteiger partial charge in [0.05, 0.1) is 12.3 Å². The van der Waals surface area contributed by atoms with Gasteiger partial charge in [-0.25, -0.2) is 0 Å². The lowest BCUT2D eigenvalue weighted by atomic mass is 10.2. The molecule has 0 spiro atoms. The SMILES string of the molecule is CCn1cc([C@@H](O)CNCc2ccccc2)cn1. The first-order valence-corrected chi connectivity index (χ1v) is 6.24. The zero-order chi connectivity index (χ0) is 12.8. The highest BCUT2D eigenvalue weighted by Gasteiger charge is 2.09. The summed E-state index contributed by atoms with van der Waals surface area (Å²) in [6.45, 7) is 4.14. The molecule has 0 amide bonds. The molecule has 4 nitrogen and oxygen atoms in total. The molecule has 4 heteroatoms. The number of hydrogen-bond donors (Lipinski definition) is 2. The average molecular weight is 245 g/mol. The minimum atomic E-state index is -0.506. The topological polar surface area (TPSA) is 50.1 Å². The molecule has 96 valence electrons. The number of aliphatic hydroxyl groups is 1. The van der Waals surface area contributed by atoms with Crippen LogP contribution in [0.15, 0.2) is 42.7 Å². The first-order valence-electron chi connectivity index (χ1n) is 6.24. The molecule has 2 rings (SSSR count). The number of aromatic nitrogens is 2. The maximum Gasteiger partial charge on any atom is 0.0944 e. The van der Waals surface area contributed by atoms with Gasteiger partial charge >= 0.3 is 0 Å². The lowest BCUT2D eigenvalue weighted by Gasteiger charge is -2.10. The Balaban J connectivity index is 1.79. The van der Waals surface area contributed by atoms with Crippen LogP contribution in [-0.2, 0) is 13.1 Å². The second-order valence-corrected chi connectivity index (χ2v) is 4.26. The Bertz CT molecular complexity index is 467. The summed E-state index contributed by atoms with van der Waals surface area (Å²) in [5.74, 6) is 0. The van der Waals surface area contributed by atoms with Gasteiger partial charge in [-0.05, 0) is 12.5 Å². The van der Waals surface area contributed by atoms with Crippen molar-refractivity contribution in [3.8, 4) is 0 Å². The second-order valence-electron chi connectivity index (χ2n) is 4.26. The molecule has 0 aliphatic carbocycles. The lowest BCUT2D eigenvalue weighted by Crippen LogP contribution is -2.20. The van der Waals surface area contributed by atoms with E-state index in [9.17, 15) is 5.11 Å². The van der Waals surface area contributed by atoms with Crippen LogP contribution in [0.3, 0.4) is 0 Å². The van der Waals surface area contributed by atoms with E-state index in [2.05, 4.69) is 22.5 Å². The van der Waals surface area contributed by atoms with Gasteiger partial charge in [0, 0.05) is 31.4 Å². The van der Waals surface area contributed by atoms with E-state index in [0.29, 0.717) is 6.54 Å². The van der Waals surface area contributed by atoms with Crippen LogP contribution in [0.25, 0.3) is 0 Å². The van der Waals surface area contributed by atoms with Crippen molar-refractivity contribution >= 4 is 0 Å². The third kappa shape index (κ3) is 3.42. The van der Waals surface area contributed by atoms with Crippen LogP contribution >= 0.6 is 0 Å². The summed E-state index contributed by atoms with van der Waals surface area (Å²) in [5, 5.41) is 17.4. The zero-order valence-electron chi connectivity index (χ0n) is 10.6. The number of aliphatic hydroxyl groups excluding tert-OH is 1. The predicted octanol–water partition coefficient (Wildman–Crippen LogP) is 1.73. The molecule has 1 aromatic carbocycles. The van der Waals surface area contributed by atoms with E-state index in [4.69, 9.17) is 0 Å². The summed E-state index contributed by atoms with van der Waals surface area (Å²) in [5.41, 5.74) is 2.08. The fourth-order valence-electron chi connectivity index (χ4n) is 1.79. The number of aryl methyl sites for hydroxylation is 1. The number of nitrogens with one attached hydrogen (secondary N) is 1. The molecule has 1 atom stereocenters. The van der Waals surface area contributed by atoms with E-state index in [-0.39, 0.29) is 0 Å². The van der Waals surface area contributed by atoms with Gasteiger partial charge in [-0.2, -0.15) is 5.10 Å². The van der Waals surface area contributed by atoms with Crippen molar-refractivity contribution in [2.45, 2.75) is 26.1 Å². The van der Waals surface area contributed by atoms with Gasteiger partial charge in [0.1, 0.15) is 0 Å². The molecule has 0 aliphatic rings. The minimum Gasteiger partial charge on any atom is -0.387 e. The van der Waals surface area contributed by atoms with Gasteiger partial charge in [-0.1, -0.05) is 30.3 Å². The van der Waals surface area contributed by atoms with Crippen LogP contribution in [0.4, 0.5) is 0 Å². The highest BCUT2D eigenvalue weighted by Crippen LogP contribution is 2.10. The van der Waals surface area contributed by atoms with Crippen molar-refractivity contribution in [2.75, 3.05) is 6.54 Å². The van der Waals surface area contributed by atoms with Crippen LogP contribution < -0.4 is 5.32 Å². The molecule has 2 aromatic rings. The van der Waals surface area contributed by atoms with Crippen molar-refractivity contribution in [1.29, 1.82) is 0 Å². The highest BCUT2D eigenvalue weighted by atomic mass is 16.3. The molecule has 18 heavy (non-hydrogen) atoms.